The van der Waals surface area contributed by atoms with E-state index in [9.17, 15) is 0 Å². The van der Waals surface area contributed by atoms with Gasteiger partial charge >= 0.3 is 0 Å². The summed E-state index contributed by atoms with van der Waals surface area (Å²) in [5, 5.41) is 3.23. The van der Waals surface area contributed by atoms with Crippen LogP contribution in [0.3, 0.4) is 0 Å². The van der Waals surface area contributed by atoms with Crippen LogP contribution < -0.4 is 11.1 Å². The Morgan fingerprint density at radius 1 is 1.19 bits per heavy atom. The second-order valence-corrected chi connectivity index (χ2v) is 3.55. The van der Waals surface area contributed by atoms with E-state index in [0.717, 1.165) is 22.8 Å². The number of nitrogens with zero attached hydrogens (tertiary/aromatic N) is 2. The van der Waals surface area contributed by atoms with Gasteiger partial charge < -0.3 is 11.1 Å². The van der Waals surface area contributed by atoms with Crippen molar-refractivity contribution in [1.82, 2.24) is 9.97 Å². The number of aromatic nitrogens is 2. The van der Waals surface area contributed by atoms with Crippen molar-refractivity contribution in [3.8, 4) is 0 Å². The number of rotatable bonds is 3. The molecule has 0 radical (unpaired) electrons. The van der Waals surface area contributed by atoms with Gasteiger partial charge in [-0.05, 0) is 24.6 Å². The lowest BCUT2D eigenvalue weighted by molar-refractivity contribution is 1.05. The Bertz CT molecular complexity index is 465. The first-order valence-electron chi connectivity index (χ1n) is 5.12. The van der Waals surface area contributed by atoms with Crippen LogP contribution in [0.2, 0.25) is 0 Å². The van der Waals surface area contributed by atoms with Crippen LogP contribution in [0.15, 0.2) is 36.7 Å². The number of nitrogens with one attached hydrogen (secondary N) is 1. The fourth-order valence-electron chi connectivity index (χ4n) is 1.40. The minimum Gasteiger partial charge on any atom is -0.353 e. The van der Waals surface area contributed by atoms with Gasteiger partial charge in [0.2, 0.25) is 0 Å². The van der Waals surface area contributed by atoms with Gasteiger partial charge in [-0.25, -0.2) is 9.97 Å². The van der Waals surface area contributed by atoms with Gasteiger partial charge in [-0.15, -0.1) is 0 Å². The van der Waals surface area contributed by atoms with E-state index in [-0.39, 0.29) is 0 Å². The number of nitrogens with two attached hydrogens (primary N) is 1. The van der Waals surface area contributed by atoms with Gasteiger partial charge in [0.15, 0.2) is 0 Å². The number of hydrogen-bond acceptors (Lipinski definition) is 4. The summed E-state index contributed by atoms with van der Waals surface area (Å²) < 4.78 is 0. The molecule has 0 amide bonds. The highest BCUT2D eigenvalue weighted by Crippen LogP contribution is 2.15. The highest BCUT2D eigenvalue weighted by molar-refractivity contribution is 5.58. The summed E-state index contributed by atoms with van der Waals surface area (Å²) in [6.45, 7) is 2.40. The number of hydrogen-bond donors (Lipinski definition) is 2. The molecule has 0 fully saturated rings. The first-order valence-corrected chi connectivity index (χ1v) is 5.12. The highest BCUT2D eigenvalue weighted by Gasteiger charge is 1.96. The Morgan fingerprint density at radius 2 is 1.94 bits per heavy atom. The zero-order valence-electron chi connectivity index (χ0n) is 9.14. The van der Waals surface area contributed by atoms with E-state index in [1.807, 2.05) is 31.2 Å². The zero-order valence-corrected chi connectivity index (χ0v) is 9.14. The molecule has 16 heavy (non-hydrogen) atoms. The van der Waals surface area contributed by atoms with Crippen molar-refractivity contribution in [2.45, 2.75) is 13.5 Å². The second kappa shape index (κ2) is 4.72. The lowest BCUT2D eigenvalue weighted by atomic mass is 10.2. The maximum absolute atomic E-state index is 5.58. The smallest absolute Gasteiger partial charge is 0.125 e. The summed E-state index contributed by atoms with van der Waals surface area (Å²) in [7, 11) is 0. The van der Waals surface area contributed by atoms with Crippen molar-refractivity contribution >= 4 is 11.4 Å². The first kappa shape index (κ1) is 10.6. The molecule has 1 heterocycles. The monoisotopic (exact) mass is 214 g/mol. The Balaban J connectivity index is 2.16. The second-order valence-electron chi connectivity index (χ2n) is 3.55. The largest absolute Gasteiger partial charge is 0.353 e. The molecular weight excluding hydrogens is 200 g/mol. The fraction of sp³-hybridized carbons (Fsp3) is 0.167. The predicted molar refractivity (Wildman–Crippen MR) is 64.4 cm³/mol. The van der Waals surface area contributed by atoms with Gasteiger partial charge in [0.25, 0.3) is 0 Å². The Hall–Kier alpha value is -1.94. The zero-order chi connectivity index (χ0) is 11.4. The van der Waals surface area contributed by atoms with E-state index in [0.29, 0.717) is 6.54 Å². The van der Waals surface area contributed by atoms with E-state index < -0.39 is 0 Å². The van der Waals surface area contributed by atoms with Crippen LogP contribution in [0, 0.1) is 6.92 Å². The molecule has 0 aliphatic rings. The molecule has 0 atom stereocenters. The summed E-state index contributed by atoms with van der Waals surface area (Å²) in [6.07, 6.45) is 3.52. The standard InChI is InChI=1S/C12H14N4/c1-9-14-7-12(8-15-9)16-11-4-2-3-10(5-11)6-13/h2-5,7-8,16H,6,13H2,1H3. The topological polar surface area (TPSA) is 63.8 Å². The highest BCUT2D eigenvalue weighted by atomic mass is 14.9. The van der Waals surface area contributed by atoms with Crippen LogP contribution in [0.1, 0.15) is 11.4 Å². The summed E-state index contributed by atoms with van der Waals surface area (Å²) in [6, 6.07) is 7.97. The lowest BCUT2D eigenvalue weighted by Crippen LogP contribution is -1.98. The van der Waals surface area contributed by atoms with Crippen molar-refractivity contribution in [3.63, 3.8) is 0 Å². The molecule has 0 saturated carbocycles. The molecule has 1 aromatic heterocycles. The van der Waals surface area contributed by atoms with Gasteiger partial charge in [-0.3, -0.25) is 0 Å². The number of anilines is 2. The van der Waals surface area contributed by atoms with Crippen LogP contribution in [0.4, 0.5) is 11.4 Å². The molecular formula is C12H14N4. The summed E-state index contributed by atoms with van der Waals surface area (Å²) in [5.74, 6) is 0.765. The molecule has 0 aliphatic carbocycles. The molecule has 0 spiro atoms. The van der Waals surface area contributed by atoms with Crippen molar-refractivity contribution in [3.05, 3.63) is 48.0 Å². The molecule has 0 unspecified atom stereocenters. The molecule has 1 aromatic carbocycles. The summed E-state index contributed by atoms with van der Waals surface area (Å²) >= 11 is 0. The molecule has 0 saturated heterocycles. The Kier molecular flexibility index (Phi) is 3.12. The van der Waals surface area contributed by atoms with E-state index in [2.05, 4.69) is 15.3 Å². The minimum absolute atomic E-state index is 0.542. The van der Waals surface area contributed by atoms with E-state index in [1.165, 1.54) is 0 Å². The molecule has 0 bridgehead atoms. The summed E-state index contributed by atoms with van der Waals surface area (Å²) in [5.41, 5.74) is 8.55. The van der Waals surface area contributed by atoms with Crippen LogP contribution in [-0.4, -0.2) is 9.97 Å². The lowest BCUT2D eigenvalue weighted by Gasteiger charge is -2.06. The van der Waals surface area contributed by atoms with Gasteiger partial charge in [0, 0.05) is 12.2 Å². The average molecular weight is 214 g/mol. The average Bonchev–Trinajstić information content (AvgIpc) is 2.32. The van der Waals surface area contributed by atoms with Crippen LogP contribution in [0.25, 0.3) is 0 Å². The molecule has 2 aromatic rings. The van der Waals surface area contributed by atoms with Crippen molar-refractivity contribution in [2.75, 3.05) is 5.32 Å². The van der Waals surface area contributed by atoms with E-state index >= 15 is 0 Å². The third-order valence-electron chi connectivity index (χ3n) is 2.23. The first-order chi connectivity index (χ1) is 7.78. The Morgan fingerprint density at radius 3 is 2.62 bits per heavy atom. The maximum Gasteiger partial charge on any atom is 0.125 e. The number of benzene rings is 1. The van der Waals surface area contributed by atoms with Gasteiger partial charge in [-0.2, -0.15) is 0 Å². The molecule has 0 aliphatic heterocycles. The molecule has 82 valence electrons. The fourth-order valence-corrected chi connectivity index (χ4v) is 1.40. The van der Waals surface area contributed by atoms with Crippen LogP contribution in [-0.2, 0) is 6.54 Å². The van der Waals surface area contributed by atoms with Crippen molar-refractivity contribution < 1.29 is 0 Å². The third-order valence-corrected chi connectivity index (χ3v) is 2.23. The number of aryl methyl sites for hydroxylation is 1. The van der Waals surface area contributed by atoms with E-state index in [4.69, 9.17) is 5.73 Å². The van der Waals surface area contributed by atoms with Crippen LogP contribution >= 0.6 is 0 Å². The molecule has 4 nitrogen and oxygen atoms in total. The molecule has 2 rings (SSSR count). The van der Waals surface area contributed by atoms with Crippen LogP contribution in [0.5, 0.6) is 0 Å². The van der Waals surface area contributed by atoms with E-state index in [1.54, 1.807) is 12.4 Å². The van der Waals surface area contributed by atoms with Gasteiger partial charge in [-0.1, -0.05) is 12.1 Å². The summed E-state index contributed by atoms with van der Waals surface area (Å²) in [4.78, 5) is 8.24. The maximum atomic E-state index is 5.58. The minimum atomic E-state index is 0.542. The van der Waals surface area contributed by atoms with Crippen molar-refractivity contribution in [1.29, 1.82) is 0 Å². The Labute approximate surface area is 94.5 Å². The molecule has 4 heteroatoms. The van der Waals surface area contributed by atoms with Gasteiger partial charge in [0.1, 0.15) is 5.82 Å². The van der Waals surface area contributed by atoms with Gasteiger partial charge in [0.05, 0.1) is 18.1 Å². The SMILES string of the molecule is Cc1ncc(Nc2cccc(CN)c2)cn1. The predicted octanol–water partition coefficient (Wildman–Crippen LogP) is 1.99. The van der Waals surface area contributed by atoms with Crippen molar-refractivity contribution in [2.24, 2.45) is 5.73 Å². The molecule has 3 N–H and O–H groups in total. The quantitative estimate of drug-likeness (QED) is 0.820. The normalized spacial score (nSPS) is 10.1. The third kappa shape index (κ3) is 2.55.